The van der Waals surface area contributed by atoms with Crippen molar-refractivity contribution in [1.82, 2.24) is 19.4 Å². The summed E-state index contributed by atoms with van der Waals surface area (Å²) in [5.41, 5.74) is 3.04. The fraction of sp³-hybridized carbons (Fsp3) is 0.222. The van der Waals surface area contributed by atoms with Crippen molar-refractivity contribution in [3.05, 3.63) is 72.1 Å². The first-order valence-electron chi connectivity index (χ1n) is 13.0. The molecule has 6 aromatic rings. The summed E-state index contributed by atoms with van der Waals surface area (Å²) in [5, 5.41) is 1.62. The lowest BCUT2D eigenvalue weighted by molar-refractivity contribution is 0.410. The largest absolute Gasteiger partial charge is 0.438 e. The van der Waals surface area contributed by atoms with Gasteiger partial charge in [0.15, 0.2) is 0 Å². The highest BCUT2D eigenvalue weighted by Crippen LogP contribution is 2.36. The summed E-state index contributed by atoms with van der Waals surface area (Å²) in [6.07, 6.45) is 1.08. The molecule has 4 heterocycles. The number of para-hydroxylation sites is 3. The Kier molecular flexibility index (Phi) is 2.97. The molecule has 5 heteroatoms. The summed E-state index contributed by atoms with van der Waals surface area (Å²) in [6, 6.07) is 14.9. The fourth-order valence-corrected chi connectivity index (χ4v) is 4.15. The molecule has 0 saturated heterocycles. The second kappa shape index (κ2) is 6.63. The number of benzene rings is 2. The Morgan fingerprint density at radius 1 is 1.03 bits per heavy atom. The van der Waals surface area contributed by atoms with Gasteiger partial charge in [-0.25, -0.2) is 14.4 Å². The Morgan fingerprint density at radius 3 is 2.75 bits per heavy atom. The summed E-state index contributed by atoms with van der Waals surface area (Å²) < 4.78 is 50.0. The van der Waals surface area contributed by atoms with Crippen molar-refractivity contribution >= 4 is 38.9 Å². The second-order valence-corrected chi connectivity index (χ2v) is 8.99. The van der Waals surface area contributed by atoms with Gasteiger partial charge in [0.2, 0.25) is 11.5 Å². The second-order valence-electron chi connectivity index (χ2n) is 8.99. The Balaban J connectivity index is 1.65. The van der Waals surface area contributed by atoms with E-state index in [1.54, 1.807) is 33.0 Å². The summed E-state index contributed by atoms with van der Waals surface area (Å²) >= 11 is 0. The Labute approximate surface area is 192 Å². The predicted molar refractivity (Wildman–Crippen MR) is 129 cm³/mol. The van der Waals surface area contributed by atoms with E-state index < -0.39 is 18.6 Å². The highest BCUT2D eigenvalue weighted by molar-refractivity contribution is 6.09. The smallest absolute Gasteiger partial charge is 0.237 e. The molecule has 0 radical (unpaired) electrons. The minimum absolute atomic E-state index is 0.0938. The van der Waals surface area contributed by atoms with Gasteiger partial charge in [0.25, 0.3) is 0 Å². The third-order valence-corrected chi connectivity index (χ3v) is 5.48. The molecule has 0 aliphatic rings. The van der Waals surface area contributed by atoms with E-state index >= 15 is 0 Å². The van der Waals surface area contributed by atoms with Crippen molar-refractivity contribution < 1.29 is 11.3 Å². The number of aromatic nitrogens is 4. The van der Waals surface area contributed by atoms with Crippen LogP contribution in [0.3, 0.4) is 0 Å². The average Bonchev–Trinajstić information content (AvgIpc) is 3.40. The molecular formula is C27H24N4O. The molecule has 0 atom stereocenters. The van der Waals surface area contributed by atoms with Crippen molar-refractivity contribution in [1.29, 1.82) is 0 Å². The van der Waals surface area contributed by atoms with Gasteiger partial charge in [-0.3, -0.25) is 4.98 Å². The number of fused-ring (bicyclic) bond motifs is 7. The van der Waals surface area contributed by atoms with Crippen LogP contribution in [0.25, 0.3) is 50.1 Å². The third kappa shape index (κ3) is 2.88. The number of hydrogen-bond donors (Lipinski definition) is 0. The van der Waals surface area contributed by atoms with E-state index in [9.17, 15) is 0 Å². The molecule has 0 bridgehead atoms. The van der Waals surface area contributed by atoms with Crippen LogP contribution in [-0.2, 0) is 6.37 Å². The molecule has 0 amide bonds. The van der Waals surface area contributed by atoms with Crippen molar-refractivity contribution in [2.24, 2.45) is 5.41 Å². The molecule has 0 aliphatic carbocycles. The number of rotatable bonds is 2. The molecule has 0 N–H and O–H groups in total. The van der Waals surface area contributed by atoms with Gasteiger partial charge >= 0.3 is 0 Å². The van der Waals surface area contributed by atoms with Crippen LogP contribution in [0.2, 0.25) is 0 Å². The van der Waals surface area contributed by atoms with Crippen LogP contribution in [0, 0.1) is 12.3 Å². The predicted octanol–water partition coefficient (Wildman–Crippen LogP) is 6.74. The van der Waals surface area contributed by atoms with Crippen molar-refractivity contribution in [2.75, 3.05) is 0 Å². The van der Waals surface area contributed by atoms with Crippen LogP contribution in [-0.4, -0.2) is 19.4 Å². The molecule has 5 nitrogen and oxygen atoms in total. The SMILES string of the molecule is [2H]C([2H])([2H])c1cnc(-c2cccc3c2oc2c3cnc3nc4ccccc4n32)cc1C([2H])([2H])C(C)(C)C. The molecule has 0 unspecified atom stereocenters. The fourth-order valence-electron chi connectivity index (χ4n) is 4.15. The maximum Gasteiger partial charge on any atom is 0.237 e. The van der Waals surface area contributed by atoms with Gasteiger partial charge < -0.3 is 4.42 Å². The molecule has 32 heavy (non-hydrogen) atoms. The number of nitrogens with zero attached hydrogens (tertiary/aromatic N) is 4. The van der Waals surface area contributed by atoms with E-state index in [0.29, 0.717) is 28.3 Å². The Hall–Kier alpha value is -3.73. The van der Waals surface area contributed by atoms with Crippen molar-refractivity contribution in [3.8, 4) is 11.3 Å². The summed E-state index contributed by atoms with van der Waals surface area (Å²) in [6.45, 7) is 2.75. The molecule has 158 valence electrons. The standard InChI is InChI=1S/C27H24N4O/c1-16-14-28-22(12-17(16)13-27(2,3)4)19-9-7-8-18-20-15-29-26-30-21-10-5-6-11-23(21)31(26)25(20)32-24(18)19/h5-12,14-15H,13H2,1-4H3/i1D3,13D2. The number of pyridine rings is 1. The van der Waals surface area contributed by atoms with Gasteiger partial charge in [0.05, 0.1) is 22.1 Å². The van der Waals surface area contributed by atoms with E-state index in [4.69, 9.17) is 11.3 Å². The molecule has 4 aromatic heterocycles. The normalized spacial score (nSPS) is 15.7. The topological polar surface area (TPSA) is 56.2 Å². The molecular weight excluding hydrogens is 396 g/mol. The van der Waals surface area contributed by atoms with Crippen molar-refractivity contribution in [2.45, 2.75) is 34.0 Å². The van der Waals surface area contributed by atoms with Crippen LogP contribution in [0.4, 0.5) is 0 Å². The van der Waals surface area contributed by atoms with Crippen LogP contribution in [0.5, 0.6) is 0 Å². The molecule has 0 saturated carbocycles. The highest BCUT2D eigenvalue weighted by Gasteiger charge is 2.19. The van der Waals surface area contributed by atoms with Crippen LogP contribution < -0.4 is 0 Å². The zero-order valence-electron chi connectivity index (χ0n) is 23.0. The lowest BCUT2D eigenvalue weighted by Crippen LogP contribution is -2.10. The first-order chi connectivity index (χ1) is 17.4. The van der Waals surface area contributed by atoms with Gasteiger partial charge in [-0.05, 0) is 54.0 Å². The van der Waals surface area contributed by atoms with Crippen LogP contribution in [0.15, 0.2) is 65.3 Å². The molecule has 0 spiro atoms. The number of hydrogen-bond acceptors (Lipinski definition) is 4. The zero-order valence-corrected chi connectivity index (χ0v) is 18.0. The average molecular weight is 426 g/mol. The summed E-state index contributed by atoms with van der Waals surface area (Å²) in [5.74, 6) is 0.523. The molecule has 2 aromatic carbocycles. The molecule has 0 aliphatic heterocycles. The lowest BCUT2D eigenvalue weighted by Gasteiger charge is -2.20. The number of imidazole rings is 1. The summed E-state index contributed by atoms with van der Waals surface area (Å²) in [7, 11) is 0. The third-order valence-electron chi connectivity index (χ3n) is 5.48. The first-order valence-corrected chi connectivity index (χ1v) is 10.5. The van der Waals surface area contributed by atoms with E-state index in [1.807, 2.05) is 46.9 Å². The van der Waals surface area contributed by atoms with Gasteiger partial charge in [-0.15, -0.1) is 0 Å². The van der Waals surface area contributed by atoms with Gasteiger partial charge in [-0.2, -0.15) is 0 Å². The monoisotopic (exact) mass is 425 g/mol. The van der Waals surface area contributed by atoms with Crippen LogP contribution in [0.1, 0.15) is 38.8 Å². The number of aryl methyl sites for hydroxylation is 1. The van der Waals surface area contributed by atoms with E-state index in [-0.39, 0.29) is 11.1 Å². The van der Waals surface area contributed by atoms with E-state index in [2.05, 4.69) is 15.0 Å². The Bertz CT molecular complexity index is 1840. The first kappa shape index (κ1) is 14.4. The highest BCUT2D eigenvalue weighted by atomic mass is 16.3. The van der Waals surface area contributed by atoms with Gasteiger partial charge in [0, 0.05) is 30.2 Å². The molecule has 0 fully saturated rings. The van der Waals surface area contributed by atoms with E-state index in [1.165, 1.54) is 6.20 Å². The minimum atomic E-state index is -2.51. The number of furan rings is 1. The Morgan fingerprint density at radius 2 is 1.91 bits per heavy atom. The zero-order chi connectivity index (χ0) is 26.3. The maximum absolute atomic E-state index is 8.85. The van der Waals surface area contributed by atoms with Gasteiger partial charge in [0.1, 0.15) is 5.58 Å². The van der Waals surface area contributed by atoms with Crippen molar-refractivity contribution in [3.63, 3.8) is 0 Å². The lowest BCUT2D eigenvalue weighted by atomic mass is 9.86. The van der Waals surface area contributed by atoms with Crippen LogP contribution >= 0.6 is 0 Å². The summed E-state index contributed by atoms with van der Waals surface area (Å²) in [4.78, 5) is 13.6. The molecule has 6 rings (SSSR count). The minimum Gasteiger partial charge on any atom is -0.438 e. The quantitative estimate of drug-likeness (QED) is 0.308. The van der Waals surface area contributed by atoms with Gasteiger partial charge in [-0.1, -0.05) is 45.0 Å². The maximum atomic E-state index is 8.85. The van der Waals surface area contributed by atoms with E-state index in [0.717, 1.165) is 21.8 Å².